The molecule has 1 N–H and O–H groups in total. The van der Waals surface area contributed by atoms with Crippen molar-refractivity contribution < 1.29 is 5.11 Å². The summed E-state index contributed by atoms with van der Waals surface area (Å²) in [6, 6.07) is 0. The van der Waals surface area contributed by atoms with E-state index in [1.165, 1.54) is 0 Å². The Balaban J connectivity index is 2.20. The summed E-state index contributed by atoms with van der Waals surface area (Å²) >= 11 is 6.16. The van der Waals surface area contributed by atoms with Crippen LogP contribution in [0.3, 0.4) is 0 Å². The van der Waals surface area contributed by atoms with Gasteiger partial charge in [0.1, 0.15) is 11.0 Å². The lowest BCUT2D eigenvalue weighted by Crippen LogP contribution is -2.09. The number of nitrogens with zero attached hydrogens (tertiary/aromatic N) is 4. The van der Waals surface area contributed by atoms with Crippen LogP contribution in [0.25, 0.3) is 0 Å². The second kappa shape index (κ2) is 5.75. The third-order valence-corrected chi connectivity index (χ3v) is 3.62. The first-order valence-electron chi connectivity index (χ1n) is 6.41. The van der Waals surface area contributed by atoms with E-state index in [2.05, 4.69) is 21.6 Å². The van der Waals surface area contributed by atoms with Crippen LogP contribution in [-0.4, -0.2) is 24.4 Å². The highest BCUT2D eigenvalue weighted by atomic mass is 35.5. The number of imidazole rings is 1. The topological polar surface area (TPSA) is 55.9 Å². The fourth-order valence-corrected chi connectivity index (χ4v) is 2.57. The maximum atomic E-state index is 10.4. The fraction of sp³-hybridized carbons (Fsp3) is 0.538. The molecule has 0 aliphatic rings. The molecule has 0 amide bonds. The van der Waals surface area contributed by atoms with E-state index in [4.69, 9.17) is 11.6 Å². The van der Waals surface area contributed by atoms with Crippen LogP contribution in [0.4, 0.5) is 0 Å². The fourth-order valence-electron chi connectivity index (χ4n) is 2.27. The standard InChI is InChI=1S/C13H19ClN4O/c1-4-6-18-7-5-15-11(18)8-10(19)12-9(2)16-17(3)13(12)14/h5,7,10,19H,4,6,8H2,1-3H3. The Morgan fingerprint density at radius 3 is 2.79 bits per heavy atom. The van der Waals surface area contributed by atoms with Crippen molar-refractivity contribution in [2.24, 2.45) is 7.05 Å². The molecule has 19 heavy (non-hydrogen) atoms. The van der Waals surface area contributed by atoms with E-state index in [9.17, 15) is 5.11 Å². The van der Waals surface area contributed by atoms with Crippen LogP contribution in [-0.2, 0) is 20.0 Å². The van der Waals surface area contributed by atoms with E-state index in [1.54, 1.807) is 17.9 Å². The average molecular weight is 283 g/mol. The molecule has 5 nitrogen and oxygen atoms in total. The normalized spacial score (nSPS) is 12.9. The first-order valence-corrected chi connectivity index (χ1v) is 6.79. The molecule has 6 heteroatoms. The molecule has 0 aliphatic carbocycles. The van der Waals surface area contributed by atoms with Crippen LogP contribution in [0.1, 0.15) is 36.5 Å². The number of hydrogen-bond donors (Lipinski definition) is 1. The molecule has 2 rings (SSSR count). The zero-order chi connectivity index (χ0) is 14.0. The molecule has 2 aromatic rings. The number of halogens is 1. The van der Waals surface area contributed by atoms with Gasteiger partial charge in [-0.2, -0.15) is 5.10 Å². The summed E-state index contributed by atoms with van der Waals surface area (Å²) in [7, 11) is 1.77. The summed E-state index contributed by atoms with van der Waals surface area (Å²) in [4.78, 5) is 4.30. The Bertz CT molecular complexity index is 561. The molecule has 1 atom stereocenters. The van der Waals surface area contributed by atoms with Crippen LogP contribution < -0.4 is 0 Å². The Kier molecular flexibility index (Phi) is 4.27. The molecule has 0 radical (unpaired) electrons. The number of aryl methyl sites for hydroxylation is 3. The Hall–Kier alpha value is -1.33. The van der Waals surface area contributed by atoms with Crippen molar-refractivity contribution in [2.45, 2.75) is 39.3 Å². The largest absolute Gasteiger partial charge is 0.388 e. The number of aliphatic hydroxyl groups excluding tert-OH is 1. The van der Waals surface area contributed by atoms with E-state index in [0.29, 0.717) is 17.1 Å². The summed E-state index contributed by atoms with van der Waals surface area (Å²) in [6.45, 7) is 4.87. The minimum atomic E-state index is -0.681. The number of aromatic nitrogens is 4. The maximum absolute atomic E-state index is 10.4. The van der Waals surface area contributed by atoms with Crippen LogP contribution in [0.5, 0.6) is 0 Å². The lowest BCUT2D eigenvalue weighted by Gasteiger charge is -2.12. The summed E-state index contributed by atoms with van der Waals surface area (Å²) < 4.78 is 3.64. The van der Waals surface area contributed by atoms with Crippen LogP contribution >= 0.6 is 11.6 Å². The van der Waals surface area contributed by atoms with Crippen LogP contribution in [0.15, 0.2) is 12.4 Å². The van der Waals surface area contributed by atoms with E-state index in [-0.39, 0.29) is 0 Å². The first-order chi connectivity index (χ1) is 9.04. The van der Waals surface area contributed by atoms with E-state index < -0.39 is 6.10 Å². The van der Waals surface area contributed by atoms with Gasteiger partial charge in [0.2, 0.25) is 0 Å². The Morgan fingerprint density at radius 2 is 2.21 bits per heavy atom. The van der Waals surface area contributed by atoms with Gasteiger partial charge in [0, 0.05) is 38.0 Å². The van der Waals surface area contributed by atoms with Gasteiger partial charge in [-0.1, -0.05) is 18.5 Å². The molecule has 104 valence electrons. The highest BCUT2D eigenvalue weighted by Gasteiger charge is 2.21. The monoisotopic (exact) mass is 282 g/mol. The van der Waals surface area contributed by atoms with Crippen LogP contribution in [0, 0.1) is 6.92 Å². The molecule has 0 spiro atoms. The number of rotatable bonds is 5. The van der Waals surface area contributed by atoms with E-state index in [0.717, 1.165) is 24.5 Å². The number of aliphatic hydroxyl groups is 1. The molecular formula is C13H19ClN4O. The lowest BCUT2D eigenvalue weighted by atomic mass is 10.1. The third-order valence-electron chi connectivity index (χ3n) is 3.17. The van der Waals surface area contributed by atoms with Crippen molar-refractivity contribution in [1.82, 2.24) is 19.3 Å². The van der Waals surface area contributed by atoms with Gasteiger partial charge >= 0.3 is 0 Å². The zero-order valence-electron chi connectivity index (χ0n) is 11.5. The van der Waals surface area contributed by atoms with Gasteiger partial charge in [-0.3, -0.25) is 4.68 Å². The van der Waals surface area contributed by atoms with Gasteiger partial charge in [-0.05, 0) is 13.3 Å². The van der Waals surface area contributed by atoms with Gasteiger partial charge in [0.25, 0.3) is 0 Å². The van der Waals surface area contributed by atoms with Crippen molar-refractivity contribution in [2.75, 3.05) is 0 Å². The van der Waals surface area contributed by atoms with E-state index >= 15 is 0 Å². The van der Waals surface area contributed by atoms with Crippen LogP contribution in [0.2, 0.25) is 5.15 Å². The highest BCUT2D eigenvalue weighted by molar-refractivity contribution is 6.30. The molecular weight excluding hydrogens is 264 g/mol. The second-order valence-electron chi connectivity index (χ2n) is 4.67. The molecule has 0 saturated carbocycles. The summed E-state index contributed by atoms with van der Waals surface area (Å²) in [5.74, 6) is 0.869. The third kappa shape index (κ3) is 2.82. The molecule has 2 heterocycles. The summed E-state index contributed by atoms with van der Waals surface area (Å²) in [5.41, 5.74) is 1.45. The number of hydrogen-bond acceptors (Lipinski definition) is 3. The molecule has 0 aromatic carbocycles. The average Bonchev–Trinajstić information content (AvgIpc) is 2.86. The molecule has 1 unspecified atom stereocenters. The lowest BCUT2D eigenvalue weighted by molar-refractivity contribution is 0.173. The molecule has 0 saturated heterocycles. The minimum absolute atomic E-state index is 0.444. The van der Waals surface area contributed by atoms with Crippen molar-refractivity contribution >= 4 is 11.6 Å². The van der Waals surface area contributed by atoms with Gasteiger partial charge < -0.3 is 9.67 Å². The van der Waals surface area contributed by atoms with Gasteiger partial charge in [-0.15, -0.1) is 0 Å². The molecule has 2 aromatic heterocycles. The minimum Gasteiger partial charge on any atom is -0.388 e. The zero-order valence-corrected chi connectivity index (χ0v) is 12.2. The van der Waals surface area contributed by atoms with E-state index in [1.807, 2.05) is 13.1 Å². The second-order valence-corrected chi connectivity index (χ2v) is 5.03. The first kappa shape index (κ1) is 14.1. The van der Waals surface area contributed by atoms with Gasteiger partial charge in [0.15, 0.2) is 0 Å². The highest BCUT2D eigenvalue weighted by Crippen LogP contribution is 2.27. The predicted octanol–water partition coefficient (Wildman–Crippen LogP) is 2.26. The van der Waals surface area contributed by atoms with Crippen molar-refractivity contribution in [1.29, 1.82) is 0 Å². The Morgan fingerprint density at radius 1 is 1.47 bits per heavy atom. The van der Waals surface area contributed by atoms with Crippen molar-refractivity contribution in [3.63, 3.8) is 0 Å². The van der Waals surface area contributed by atoms with Crippen molar-refractivity contribution in [3.05, 3.63) is 34.6 Å². The maximum Gasteiger partial charge on any atom is 0.132 e. The predicted molar refractivity (Wildman–Crippen MR) is 74.1 cm³/mol. The van der Waals surface area contributed by atoms with Crippen molar-refractivity contribution in [3.8, 4) is 0 Å². The molecule has 0 bridgehead atoms. The summed E-state index contributed by atoms with van der Waals surface area (Å²) in [6.07, 6.45) is 4.49. The SMILES string of the molecule is CCCn1ccnc1CC(O)c1c(C)nn(C)c1Cl. The quantitative estimate of drug-likeness (QED) is 0.915. The molecule has 0 fully saturated rings. The summed E-state index contributed by atoms with van der Waals surface area (Å²) in [5, 5.41) is 15.1. The Labute approximate surface area is 117 Å². The van der Waals surface area contributed by atoms with Gasteiger partial charge in [0.05, 0.1) is 11.8 Å². The smallest absolute Gasteiger partial charge is 0.132 e. The van der Waals surface area contributed by atoms with Gasteiger partial charge in [-0.25, -0.2) is 4.98 Å². The molecule has 0 aliphatic heterocycles.